The first kappa shape index (κ1) is 19.0. The topological polar surface area (TPSA) is 89.9 Å². The van der Waals surface area contributed by atoms with E-state index in [2.05, 4.69) is 10.3 Å². The highest BCUT2D eigenvalue weighted by Gasteiger charge is 2.18. The fourth-order valence-corrected chi connectivity index (χ4v) is 2.53. The molecule has 0 saturated heterocycles. The number of nitrogens with one attached hydrogen (secondary N) is 1. The van der Waals surface area contributed by atoms with E-state index in [1.165, 1.54) is 26.5 Å². The highest BCUT2D eigenvalue weighted by molar-refractivity contribution is 6.05. The molecule has 0 atom stereocenters. The van der Waals surface area contributed by atoms with E-state index < -0.39 is 5.91 Å². The van der Waals surface area contributed by atoms with Crippen molar-refractivity contribution in [1.29, 1.82) is 0 Å². The minimum Gasteiger partial charge on any atom is -0.503 e. The first-order valence-corrected chi connectivity index (χ1v) is 8.47. The molecule has 1 aromatic heterocycles. The average molecular weight is 380 g/mol. The SMILES string of the molecule is COc1cc(Oc2ccc(C)cc2)ccc1NC(=O)c1nccc(OC)c1O. The van der Waals surface area contributed by atoms with Crippen molar-refractivity contribution in [2.45, 2.75) is 6.92 Å². The van der Waals surface area contributed by atoms with Crippen molar-refractivity contribution in [2.24, 2.45) is 0 Å². The number of carbonyl (C=O) groups excluding carboxylic acids is 1. The van der Waals surface area contributed by atoms with Gasteiger partial charge in [0.05, 0.1) is 19.9 Å². The molecule has 7 heteroatoms. The van der Waals surface area contributed by atoms with E-state index in [0.29, 0.717) is 22.9 Å². The molecule has 0 bridgehead atoms. The van der Waals surface area contributed by atoms with Gasteiger partial charge in [0.2, 0.25) is 0 Å². The van der Waals surface area contributed by atoms with Gasteiger partial charge in [-0.05, 0) is 31.2 Å². The van der Waals surface area contributed by atoms with E-state index >= 15 is 0 Å². The molecule has 7 nitrogen and oxygen atoms in total. The number of nitrogens with zero attached hydrogens (tertiary/aromatic N) is 1. The maximum atomic E-state index is 12.5. The highest BCUT2D eigenvalue weighted by Crippen LogP contribution is 2.33. The van der Waals surface area contributed by atoms with E-state index in [1.54, 1.807) is 18.2 Å². The summed E-state index contributed by atoms with van der Waals surface area (Å²) in [6, 6.07) is 14.1. The van der Waals surface area contributed by atoms with Gasteiger partial charge >= 0.3 is 0 Å². The van der Waals surface area contributed by atoms with Gasteiger partial charge in [0.15, 0.2) is 17.2 Å². The van der Waals surface area contributed by atoms with Crippen LogP contribution >= 0.6 is 0 Å². The van der Waals surface area contributed by atoms with Gasteiger partial charge in [0, 0.05) is 18.3 Å². The predicted molar refractivity (Wildman–Crippen MR) is 105 cm³/mol. The van der Waals surface area contributed by atoms with Crippen LogP contribution in [0.25, 0.3) is 0 Å². The van der Waals surface area contributed by atoms with Gasteiger partial charge in [-0.3, -0.25) is 4.79 Å². The summed E-state index contributed by atoms with van der Waals surface area (Å²) in [7, 11) is 2.88. The zero-order valence-electron chi connectivity index (χ0n) is 15.7. The summed E-state index contributed by atoms with van der Waals surface area (Å²) in [5, 5.41) is 12.8. The molecule has 0 radical (unpaired) electrons. The molecule has 0 fully saturated rings. The Morgan fingerprint density at radius 2 is 1.64 bits per heavy atom. The van der Waals surface area contributed by atoms with Crippen LogP contribution in [0.2, 0.25) is 0 Å². The number of rotatable bonds is 6. The van der Waals surface area contributed by atoms with E-state index in [4.69, 9.17) is 14.2 Å². The molecule has 3 rings (SSSR count). The van der Waals surface area contributed by atoms with E-state index in [-0.39, 0.29) is 17.2 Å². The van der Waals surface area contributed by atoms with Crippen LogP contribution < -0.4 is 19.5 Å². The summed E-state index contributed by atoms with van der Waals surface area (Å²) in [5.41, 5.74) is 1.39. The van der Waals surface area contributed by atoms with E-state index in [0.717, 1.165) is 5.56 Å². The number of hydrogen-bond donors (Lipinski definition) is 2. The molecule has 3 aromatic rings. The molecule has 2 N–H and O–H groups in total. The summed E-state index contributed by atoms with van der Waals surface area (Å²) in [6.45, 7) is 2.00. The van der Waals surface area contributed by atoms with Gasteiger partial charge in [-0.15, -0.1) is 0 Å². The Hall–Kier alpha value is -3.74. The number of ether oxygens (including phenoxy) is 3. The number of aromatic hydroxyl groups is 1. The van der Waals surface area contributed by atoms with Crippen LogP contribution in [0.15, 0.2) is 54.7 Å². The molecule has 0 aliphatic carbocycles. The van der Waals surface area contributed by atoms with Crippen LogP contribution in [-0.2, 0) is 0 Å². The van der Waals surface area contributed by atoms with Crippen molar-refractivity contribution in [3.05, 3.63) is 66.0 Å². The second-order valence-electron chi connectivity index (χ2n) is 5.94. The lowest BCUT2D eigenvalue weighted by atomic mass is 10.2. The number of benzene rings is 2. The number of hydrogen-bond acceptors (Lipinski definition) is 6. The second kappa shape index (κ2) is 8.30. The molecule has 0 spiro atoms. The van der Waals surface area contributed by atoms with E-state index in [9.17, 15) is 9.90 Å². The minimum atomic E-state index is -0.595. The molecule has 0 aliphatic heterocycles. The van der Waals surface area contributed by atoms with Gasteiger partial charge in [-0.25, -0.2) is 4.98 Å². The predicted octanol–water partition coefficient (Wildman–Crippen LogP) is 4.16. The van der Waals surface area contributed by atoms with Crippen LogP contribution in [0.4, 0.5) is 5.69 Å². The minimum absolute atomic E-state index is 0.151. The zero-order valence-corrected chi connectivity index (χ0v) is 15.7. The molecular weight excluding hydrogens is 360 g/mol. The summed E-state index contributed by atoms with van der Waals surface area (Å²) >= 11 is 0. The fourth-order valence-electron chi connectivity index (χ4n) is 2.53. The summed E-state index contributed by atoms with van der Waals surface area (Å²) in [5.74, 6) is 0.882. The monoisotopic (exact) mass is 380 g/mol. The first-order chi connectivity index (χ1) is 13.5. The lowest BCUT2D eigenvalue weighted by Gasteiger charge is -2.13. The van der Waals surface area contributed by atoms with Gasteiger partial charge in [0.25, 0.3) is 5.91 Å². The average Bonchev–Trinajstić information content (AvgIpc) is 2.71. The fraction of sp³-hybridized carbons (Fsp3) is 0.143. The maximum absolute atomic E-state index is 12.5. The van der Waals surface area contributed by atoms with Gasteiger partial charge in [-0.2, -0.15) is 0 Å². The zero-order chi connectivity index (χ0) is 20.1. The molecule has 0 unspecified atom stereocenters. The number of anilines is 1. The Morgan fingerprint density at radius 1 is 0.964 bits per heavy atom. The lowest BCUT2D eigenvalue weighted by molar-refractivity contribution is 0.101. The van der Waals surface area contributed by atoms with Crippen LogP contribution in [0, 0.1) is 6.92 Å². The summed E-state index contributed by atoms with van der Waals surface area (Å²) < 4.78 is 16.2. The van der Waals surface area contributed by atoms with Crippen molar-refractivity contribution in [3.63, 3.8) is 0 Å². The largest absolute Gasteiger partial charge is 0.503 e. The van der Waals surface area contributed by atoms with E-state index in [1.807, 2.05) is 31.2 Å². The Balaban J connectivity index is 1.80. The Labute approximate surface area is 162 Å². The number of methoxy groups -OCH3 is 2. The van der Waals surface area contributed by atoms with Crippen molar-refractivity contribution >= 4 is 11.6 Å². The number of aryl methyl sites for hydroxylation is 1. The van der Waals surface area contributed by atoms with Crippen LogP contribution in [0.1, 0.15) is 16.1 Å². The van der Waals surface area contributed by atoms with Crippen LogP contribution in [0.5, 0.6) is 28.7 Å². The van der Waals surface area contributed by atoms with Gasteiger partial charge in [0.1, 0.15) is 17.2 Å². The normalized spacial score (nSPS) is 10.2. The first-order valence-electron chi connectivity index (χ1n) is 8.47. The van der Waals surface area contributed by atoms with Crippen LogP contribution in [0.3, 0.4) is 0 Å². The molecule has 1 amide bonds. The third-order valence-corrected chi connectivity index (χ3v) is 4.00. The number of aromatic nitrogens is 1. The molecule has 0 aliphatic rings. The third-order valence-electron chi connectivity index (χ3n) is 4.00. The molecule has 2 aromatic carbocycles. The Bertz CT molecular complexity index is 987. The summed E-state index contributed by atoms with van der Waals surface area (Å²) in [6.07, 6.45) is 1.38. The number of carbonyl (C=O) groups is 1. The van der Waals surface area contributed by atoms with Crippen molar-refractivity contribution in [3.8, 4) is 28.7 Å². The van der Waals surface area contributed by atoms with Gasteiger partial charge < -0.3 is 24.6 Å². The molecule has 28 heavy (non-hydrogen) atoms. The van der Waals surface area contributed by atoms with Gasteiger partial charge in [-0.1, -0.05) is 17.7 Å². The van der Waals surface area contributed by atoms with Crippen LogP contribution in [-0.4, -0.2) is 30.2 Å². The lowest BCUT2D eigenvalue weighted by Crippen LogP contribution is -2.14. The number of pyridine rings is 1. The smallest absolute Gasteiger partial charge is 0.278 e. The number of amides is 1. The Morgan fingerprint density at radius 3 is 2.32 bits per heavy atom. The quantitative estimate of drug-likeness (QED) is 0.667. The van der Waals surface area contributed by atoms with Crippen molar-refractivity contribution in [2.75, 3.05) is 19.5 Å². The maximum Gasteiger partial charge on any atom is 0.278 e. The summed E-state index contributed by atoms with van der Waals surface area (Å²) in [4.78, 5) is 16.4. The molecule has 144 valence electrons. The molecular formula is C21H20N2O5. The highest BCUT2D eigenvalue weighted by atomic mass is 16.5. The van der Waals surface area contributed by atoms with Crippen molar-refractivity contribution < 1.29 is 24.1 Å². The molecule has 1 heterocycles. The van der Waals surface area contributed by atoms with Crippen molar-refractivity contribution in [1.82, 2.24) is 4.98 Å². The molecule has 0 saturated carbocycles. The third kappa shape index (κ3) is 4.15. The Kier molecular flexibility index (Phi) is 5.64. The standard InChI is InChI=1S/C21H20N2O5/c1-13-4-6-14(7-5-13)28-15-8-9-16(18(12-15)27-3)23-21(25)19-20(24)17(26-2)10-11-22-19/h4-12,24H,1-3H3,(H,23,25). The second-order valence-corrected chi connectivity index (χ2v) is 5.94.